The van der Waals surface area contributed by atoms with Crippen molar-refractivity contribution in [2.45, 2.75) is 0 Å². The van der Waals surface area contributed by atoms with E-state index in [4.69, 9.17) is 4.84 Å². The van der Waals surface area contributed by atoms with Crippen molar-refractivity contribution in [3.05, 3.63) is 60.2 Å². The van der Waals surface area contributed by atoms with Gasteiger partial charge in [-0.15, -0.1) is 0 Å². The van der Waals surface area contributed by atoms with Crippen LogP contribution < -0.4 is 15.6 Å². The fourth-order valence-electron chi connectivity index (χ4n) is 1.55. The fourth-order valence-corrected chi connectivity index (χ4v) is 1.55. The maximum atomic E-state index is 12.1. The van der Waals surface area contributed by atoms with Gasteiger partial charge < -0.3 is 10.2 Å². The van der Waals surface area contributed by atoms with Crippen LogP contribution in [0, 0.1) is 0 Å². The van der Waals surface area contributed by atoms with E-state index in [2.05, 4.69) is 10.8 Å². The highest BCUT2D eigenvalue weighted by Gasteiger charge is 2.12. The van der Waals surface area contributed by atoms with Gasteiger partial charge in [-0.25, -0.2) is 0 Å². The second kappa shape index (κ2) is 6.20. The van der Waals surface area contributed by atoms with Gasteiger partial charge in [-0.05, 0) is 24.3 Å². The van der Waals surface area contributed by atoms with Gasteiger partial charge in [0, 0.05) is 5.69 Å². The van der Waals surface area contributed by atoms with Crippen molar-refractivity contribution in [2.24, 2.45) is 0 Å². The molecule has 0 aliphatic heterocycles. The number of hydrogen-bond acceptors (Lipinski definition) is 3. The summed E-state index contributed by atoms with van der Waals surface area (Å²) < 4.78 is 0. The number of hydroxylamine groups is 1. The highest BCUT2D eigenvalue weighted by Crippen LogP contribution is 2.18. The van der Waals surface area contributed by atoms with Gasteiger partial charge in [0.1, 0.15) is 0 Å². The monoisotopic (exact) mass is 256 g/mol. The van der Waals surface area contributed by atoms with Crippen LogP contribution in [0.5, 0.6) is 5.75 Å². The smallest absolute Gasteiger partial charge is 0.259 e. The van der Waals surface area contributed by atoms with Crippen molar-refractivity contribution < 1.29 is 14.4 Å². The number of rotatable bonds is 5. The van der Waals surface area contributed by atoms with Crippen LogP contribution in [0.3, 0.4) is 0 Å². The number of hydrogen-bond donors (Lipinski definition) is 2. The van der Waals surface area contributed by atoms with Crippen LogP contribution in [0.4, 0.5) is 5.69 Å². The van der Waals surface area contributed by atoms with Crippen molar-refractivity contribution >= 4 is 18.0 Å². The third kappa shape index (κ3) is 3.32. The van der Waals surface area contributed by atoms with Crippen LogP contribution in [-0.4, -0.2) is 12.3 Å². The Bertz CT molecular complexity index is 570. The molecule has 19 heavy (non-hydrogen) atoms. The molecule has 5 nitrogen and oxygen atoms in total. The number of anilines is 1. The topological polar surface area (TPSA) is 67.4 Å². The van der Waals surface area contributed by atoms with E-state index in [9.17, 15) is 9.59 Å². The minimum atomic E-state index is -0.311. The largest absolute Gasteiger partial charge is 0.379 e. The number of carbonyl (C=O) groups excluding carboxylic acids is 2. The number of para-hydroxylation sites is 2. The maximum Gasteiger partial charge on any atom is 0.259 e. The van der Waals surface area contributed by atoms with E-state index < -0.39 is 0 Å². The molecule has 2 N–H and O–H groups in total. The zero-order chi connectivity index (χ0) is 13.5. The molecule has 0 spiro atoms. The Morgan fingerprint density at radius 3 is 2.42 bits per heavy atom. The molecular weight excluding hydrogens is 244 g/mol. The maximum absolute atomic E-state index is 12.1. The summed E-state index contributed by atoms with van der Waals surface area (Å²) in [7, 11) is 0. The first-order valence-electron chi connectivity index (χ1n) is 5.62. The first-order valence-corrected chi connectivity index (χ1v) is 5.62. The molecule has 0 bridgehead atoms. The Kier molecular flexibility index (Phi) is 4.12. The second-order valence-electron chi connectivity index (χ2n) is 3.65. The van der Waals surface area contributed by atoms with Gasteiger partial charge >= 0.3 is 0 Å². The Morgan fingerprint density at radius 1 is 1.00 bits per heavy atom. The summed E-state index contributed by atoms with van der Waals surface area (Å²) >= 11 is 0. The van der Waals surface area contributed by atoms with Gasteiger partial charge in [0.15, 0.2) is 5.75 Å². The van der Waals surface area contributed by atoms with E-state index in [1.54, 1.807) is 36.4 Å². The highest BCUT2D eigenvalue weighted by molar-refractivity contribution is 6.06. The molecule has 0 atom stereocenters. The highest BCUT2D eigenvalue weighted by atomic mass is 16.7. The first kappa shape index (κ1) is 12.6. The lowest BCUT2D eigenvalue weighted by Crippen LogP contribution is -2.19. The van der Waals surface area contributed by atoms with Gasteiger partial charge in [0.2, 0.25) is 6.41 Å². The van der Waals surface area contributed by atoms with E-state index in [1.165, 1.54) is 0 Å². The average Bonchev–Trinajstić information content (AvgIpc) is 2.46. The molecule has 0 radical (unpaired) electrons. The molecule has 2 aromatic carbocycles. The summed E-state index contributed by atoms with van der Waals surface area (Å²) in [6.45, 7) is 0. The standard InChI is InChI=1S/C14H12N2O3/c17-10-15-19-13-9-5-4-8-12(13)14(18)16-11-6-2-1-3-7-11/h1-10H,(H,15,17)(H,16,18). The molecule has 96 valence electrons. The predicted molar refractivity (Wildman–Crippen MR) is 70.7 cm³/mol. The summed E-state index contributed by atoms with van der Waals surface area (Å²) in [5.74, 6) is -0.0301. The minimum absolute atomic E-state index is 0.281. The molecule has 0 heterocycles. The predicted octanol–water partition coefficient (Wildman–Crippen LogP) is 1.98. The Balaban J connectivity index is 2.16. The van der Waals surface area contributed by atoms with Crippen molar-refractivity contribution in [3.63, 3.8) is 0 Å². The summed E-state index contributed by atoms with van der Waals surface area (Å²) in [4.78, 5) is 27.3. The molecule has 0 aromatic heterocycles. The molecule has 2 amide bonds. The van der Waals surface area contributed by atoms with Crippen LogP contribution in [-0.2, 0) is 4.79 Å². The van der Waals surface area contributed by atoms with Crippen LogP contribution in [0.2, 0.25) is 0 Å². The Hall–Kier alpha value is -2.82. The molecule has 0 unspecified atom stereocenters. The molecule has 2 aromatic rings. The minimum Gasteiger partial charge on any atom is -0.379 e. The number of carbonyl (C=O) groups is 2. The van der Waals surface area contributed by atoms with Gasteiger partial charge in [0.25, 0.3) is 5.91 Å². The molecule has 0 aliphatic carbocycles. The SMILES string of the molecule is O=CNOc1ccccc1C(=O)Nc1ccccc1. The molecule has 0 fully saturated rings. The van der Waals surface area contributed by atoms with Gasteiger partial charge in [-0.2, -0.15) is 5.48 Å². The van der Waals surface area contributed by atoms with E-state index in [1.807, 2.05) is 18.2 Å². The third-order valence-electron chi connectivity index (χ3n) is 2.38. The second-order valence-corrected chi connectivity index (χ2v) is 3.65. The normalized spacial score (nSPS) is 9.47. The van der Waals surface area contributed by atoms with E-state index in [0.29, 0.717) is 17.7 Å². The zero-order valence-electron chi connectivity index (χ0n) is 10.00. The van der Waals surface area contributed by atoms with Gasteiger partial charge in [-0.1, -0.05) is 30.3 Å². The number of benzene rings is 2. The summed E-state index contributed by atoms with van der Waals surface area (Å²) in [5, 5.41) is 2.74. The van der Waals surface area contributed by atoms with Crippen molar-refractivity contribution in [1.82, 2.24) is 5.48 Å². The van der Waals surface area contributed by atoms with Crippen molar-refractivity contribution in [3.8, 4) is 5.75 Å². The molecular formula is C14H12N2O3. The van der Waals surface area contributed by atoms with E-state index >= 15 is 0 Å². The van der Waals surface area contributed by atoms with Crippen LogP contribution in [0.1, 0.15) is 10.4 Å². The Morgan fingerprint density at radius 2 is 1.68 bits per heavy atom. The van der Waals surface area contributed by atoms with Crippen molar-refractivity contribution in [2.75, 3.05) is 5.32 Å². The van der Waals surface area contributed by atoms with Gasteiger partial charge in [0.05, 0.1) is 5.56 Å². The molecule has 0 aliphatic rings. The lowest BCUT2D eigenvalue weighted by atomic mass is 10.2. The Labute approximate surface area is 110 Å². The summed E-state index contributed by atoms with van der Waals surface area (Å²) in [5.41, 5.74) is 3.08. The van der Waals surface area contributed by atoms with Crippen LogP contribution in [0.25, 0.3) is 0 Å². The summed E-state index contributed by atoms with van der Waals surface area (Å²) in [6.07, 6.45) is 0.395. The third-order valence-corrected chi connectivity index (χ3v) is 2.38. The molecule has 2 rings (SSSR count). The molecule has 0 saturated heterocycles. The van der Waals surface area contributed by atoms with Crippen LogP contribution in [0.15, 0.2) is 54.6 Å². The number of amides is 2. The lowest BCUT2D eigenvalue weighted by Gasteiger charge is -2.09. The quantitative estimate of drug-likeness (QED) is 0.635. The fraction of sp³-hybridized carbons (Fsp3) is 0. The van der Waals surface area contributed by atoms with E-state index in [0.717, 1.165) is 0 Å². The van der Waals surface area contributed by atoms with E-state index in [-0.39, 0.29) is 11.7 Å². The van der Waals surface area contributed by atoms with Crippen LogP contribution >= 0.6 is 0 Å². The molecule has 5 heteroatoms. The number of nitrogens with one attached hydrogen (secondary N) is 2. The van der Waals surface area contributed by atoms with Gasteiger partial charge in [-0.3, -0.25) is 9.59 Å². The van der Waals surface area contributed by atoms with Crippen molar-refractivity contribution in [1.29, 1.82) is 0 Å². The first-order chi connectivity index (χ1) is 9.31. The molecule has 0 saturated carbocycles. The zero-order valence-corrected chi connectivity index (χ0v) is 10.00. The lowest BCUT2D eigenvalue weighted by molar-refractivity contribution is -0.115. The summed E-state index contributed by atoms with van der Waals surface area (Å²) in [6, 6.07) is 15.7. The average molecular weight is 256 g/mol.